The molecule has 9 rings (SSSR count). The molecular weight excluding hydrogens is 1050 g/mol. The van der Waals surface area contributed by atoms with Crippen molar-refractivity contribution in [3.05, 3.63) is 107 Å². The molecule has 2 aliphatic heterocycles. The zero-order valence-electron chi connectivity index (χ0n) is 47.7. The number of azo groups is 1. The van der Waals surface area contributed by atoms with Crippen LogP contribution in [0.2, 0.25) is 0 Å². The van der Waals surface area contributed by atoms with Gasteiger partial charge in [-0.15, -0.1) is 10.2 Å². The molecule has 21 nitrogen and oxygen atoms in total. The molecule has 420 valence electrons. The predicted molar refractivity (Wildman–Crippen MR) is 305 cm³/mol. The first-order chi connectivity index (χ1) is 39.7. The zero-order chi connectivity index (χ0) is 58.6. The molecule has 7 aromatic rings. The molecule has 0 radical (unpaired) electrons. The molecule has 5 heterocycles. The van der Waals surface area contributed by atoms with E-state index in [1.807, 2.05) is 31.3 Å². The number of esters is 1. The number of unbranched alkanes of at least 4 members (excludes halogenated alkanes) is 3. The normalized spacial score (nSPS) is 12.9. The highest BCUT2D eigenvalue weighted by molar-refractivity contribution is 7.21. The van der Waals surface area contributed by atoms with E-state index in [0.717, 1.165) is 31.8 Å². The van der Waals surface area contributed by atoms with Crippen molar-refractivity contribution >= 4 is 113 Å². The van der Waals surface area contributed by atoms with Crippen LogP contribution in [0.3, 0.4) is 0 Å². The second-order valence-corrected chi connectivity index (χ2v) is 19.6. The number of aliphatic hydroxyl groups is 1. The van der Waals surface area contributed by atoms with Crippen molar-refractivity contribution in [2.24, 2.45) is 10.2 Å². The van der Waals surface area contributed by atoms with E-state index in [-0.39, 0.29) is 63.1 Å². The van der Waals surface area contributed by atoms with Crippen LogP contribution in [0.4, 0.5) is 42.3 Å². The number of anilines is 3. The molecule has 1 N–H and O–H groups in total. The van der Waals surface area contributed by atoms with Crippen LogP contribution in [0.15, 0.2) is 89.1 Å². The van der Waals surface area contributed by atoms with Crippen LogP contribution in [-0.2, 0) is 36.6 Å². The third-order valence-electron chi connectivity index (χ3n) is 13.7. The number of carbonyl (C=O) groups is 7. The first-order valence-electron chi connectivity index (χ1n) is 27.7. The summed E-state index contributed by atoms with van der Waals surface area (Å²) in [5.41, 5.74) is 6.05. The topological polar surface area (TPSA) is 237 Å². The Balaban J connectivity index is 0.00000287. The maximum absolute atomic E-state index is 15.0. The quantitative estimate of drug-likeness (QED) is 0.0364. The molecule has 0 atom stereocenters. The van der Waals surface area contributed by atoms with Crippen molar-refractivity contribution in [1.82, 2.24) is 19.0 Å². The maximum atomic E-state index is 15.0. The summed E-state index contributed by atoms with van der Waals surface area (Å²) in [4.78, 5) is 106. The van der Waals surface area contributed by atoms with E-state index < -0.39 is 30.1 Å². The largest absolute Gasteiger partial charge is 0.466 e. The summed E-state index contributed by atoms with van der Waals surface area (Å²) in [5.74, 6) is -1.78. The number of benzene rings is 4. The summed E-state index contributed by atoms with van der Waals surface area (Å²) in [5, 5.41) is 13.8. The minimum absolute atomic E-state index is 0.0183. The van der Waals surface area contributed by atoms with E-state index in [1.54, 1.807) is 85.2 Å². The molecule has 0 bridgehead atoms. The van der Waals surface area contributed by atoms with Gasteiger partial charge in [-0.25, -0.2) is 33.4 Å². The van der Waals surface area contributed by atoms with Gasteiger partial charge in [-0.2, -0.15) is 0 Å². The predicted octanol–water partition coefficient (Wildman–Crippen LogP) is 11.2. The summed E-state index contributed by atoms with van der Waals surface area (Å²) in [6.45, 7) is 8.37. The highest BCUT2D eigenvalue weighted by Crippen LogP contribution is 2.41. The Morgan fingerprint density at radius 3 is 1.95 bits per heavy atom. The third-order valence-corrected chi connectivity index (χ3v) is 14.6. The smallest absolute Gasteiger partial charge is 0.419 e. The summed E-state index contributed by atoms with van der Waals surface area (Å²) in [7, 11) is 3.25. The third kappa shape index (κ3) is 11.9. The number of aliphatic hydroxyl groups excluding tert-OH is 1. The van der Waals surface area contributed by atoms with Crippen LogP contribution in [0, 0.1) is 0 Å². The monoisotopic (exact) mass is 1110 g/mol. The van der Waals surface area contributed by atoms with Crippen LogP contribution < -0.4 is 14.7 Å². The molecule has 80 heavy (non-hydrogen) atoms. The number of hydrogen-bond acceptors (Lipinski definition) is 17. The van der Waals surface area contributed by atoms with Crippen LogP contribution in [0.5, 0.6) is 0 Å². The van der Waals surface area contributed by atoms with Gasteiger partial charge in [0.2, 0.25) is 6.56 Å². The molecule has 22 heteroatoms. The standard InChI is InChI=1S/C57H61N9O11S.CH4O/c1-7-11-12-13-28-64(55(71)74-8-2)53(70)49-34-42-40-26-30-63(45(40)22-24-47(42)66(49)57(73)76-10-4)52(69)48-33-41-39-25-29-62(44(39)21-23-46(41)65(48)56(72)75-9-3)51(68)36-15-20-43-50(32-36)78-54(58-43)60-59-37-16-18-38(19-17-37)61(6)27-14-31-77-35(5)67;1-2/h15-24,32-34H,7-14,25-31H2,1-6H3;2H,1H3/i1D;2T. The number of imide groups is 1. The number of carbonyl (C=O) groups excluding carboxylic acids is 7. The fourth-order valence-electron chi connectivity index (χ4n) is 10.0. The summed E-state index contributed by atoms with van der Waals surface area (Å²) < 4.78 is 37.6. The highest BCUT2D eigenvalue weighted by atomic mass is 32.1. The van der Waals surface area contributed by atoms with Gasteiger partial charge in [0.1, 0.15) is 11.4 Å². The van der Waals surface area contributed by atoms with Crippen molar-refractivity contribution in [1.29, 1.82) is 1.43 Å². The molecule has 0 saturated carbocycles. The molecule has 0 fully saturated rings. The SMILES string of the molecule is [2H]CCCCCCN(C(=O)OCC)C(=O)c1cc2c3c(ccc2n1C(=O)OCC)N(C(=O)c1cc2c4c(ccc2n1C(=O)OCC)N(C(=O)c1ccc2nc(N=Nc5ccc(N(C)CCCOC(C)=O)cc5)sc2c1)CC4)CC3.[3H]OC. The van der Waals surface area contributed by atoms with Gasteiger partial charge in [0.25, 0.3) is 17.7 Å². The summed E-state index contributed by atoms with van der Waals surface area (Å²) in [6, 6.07) is 22.9. The Hall–Kier alpha value is -8.50. The van der Waals surface area contributed by atoms with Gasteiger partial charge in [-0.05, 0) is 136 Å². The molecule has 2 aliphatic rings. The van der Waals surface area contributed by atoms with Gasteiger partial charge in [-0.1, -0.05) is 37.5 Å². The Bertz CT molecular complexity index is 3560. The Morgan fingerprint density at radius 2 is 1.34 bits per heavy atom. The minimum Gasteiger partial charge on any atom is -0.466 e. The number of rotatable bonds is 18. The lowest BCUT2D eigenvalue weighted by atomic mass is 10.1. The van der Waals surface area contributed by atoms with Crippen LogP contribution >= 0.6 is 11.3 Å². The number of amides is 4. The minimum atomic E-state index is -0.849. The van der Waals surface area contributed by atoms with Crippen molar-refractivity contribution in [2.45, 2.75) is 79.5 Å². The van der Waals surface area contributed by atoms with Gasteiger partial charge in [0.15, 0.2) is 0 Å². The number of fused-ring (bicyclic) bond motifs is 7. The first-order valence-corrected chi connectivity index (χ1v) is 27.4. The summed E-state index contributed by atoms with van der Waals surface area (Å²) >= 11 is 1.31. The Labute approximate surface area is 469 Å². The van der Waals surface area contributed by atoms with Crippen molar-refractivity contribution in [3.63, 3.8) is 0 Å². The van der Waals surface area contributed by atoms with Gasteiger partial charge < -0.3 is 38.8 Å². The zero-order valence-corrected chi connectivity index (χ0v) is 46.5. The average Bonchev–Trinajstić information content (AvgIpc) is 4.52. The lowest BCUT2D eigenvalue weighted by Gasteiger charge is -2.20. The molecule has 4 amide bonds. The molecule has 0 saturated heterocycles. The molecule has 0 aliphatic carbocycles. The van der Waals surface area contributed by atoms with E-state index in [2.05, 4.69) is 25.2 Å². The molecule has 3 aromatic heterocycles. The van der Waals surface area contributed by atoms with Crippen LogP contribution in [-0.4, -0.2) is 134 Å². The average molecular weight is 1120 g/mol. The first kappa shape index (κ1) is 54.8. The number of ether oxygens (including phenoxy) is 4. The molecule has 0 unspecified atom stereocenters. The van der Waals surface area contributed by atoms with E-state index in [0.29, 0.717) is 119 Å². The number of thiazole rings is 1. The summed E-state index contributed by atoms with van der Waals surface area (Å²) in [6.07, 6.45) is 1.67. The van der Waals surface area contributed by atoms with Crippen LogP contribution in [0.1, 0.15) is 111 Å². The number of hydrogen-bond donors (Lipinski definition) is 1. The van der Waals surface area contributed by atoms with Gasteiger partial charge >= 0.3 is 24.2 Å². The molecule has 4 aromatic carbocycles. The van der Waals surface area contributed by atoms with Crippen molar-refractivity contribution in [2.75, 3.05) is 81.5 Å². The van der Waals surface area contributed by atoms with Gasteiger partial charge in [0, 0.05) is 82.0 Å². The fraction of sp³-hybridized carbons (Fsp3) is 0.379. The number of aromatic nitrogens is 3. The lowest BCUT2D eigenvalue weighted by molar-refractivity contribution is -0.141. The van der Waals surface area contributed by atoms with Crippen LogP contribution in [0.25, 0.3) is 32.0 Å². The number of nitrogens with zero attached hydrogens (tertiary/aromatic N) is 9. The van der Waals surface area contributed by atoms with E-state index in [1.165, 1.54) is 29.9 Å². The lowest BCUT2D eigenvalue weighted by Crippen LogP contribution is -2.39. The van der Waals surface area contributed by atoms with E-state index in [9.17, 15) is 33.6 Å². The fourth-order valence-corrected chi connectivity index (χ4v) is 10.8. The second-order valence-electron chi connectivity index (χ2n) is 18.6. The van der Waals surface area contributed by atoms with Crippen molar-refractivity contribution < 1.29 is 59.0 Å². The van der Waals surface area contributed by atoms with Gasteiger partial charge in [0.05, 0.1) is 53.4 Å². The molecule has 0 spiro atoms. The Kier molecular flexibility index (Phi) is 17.8. The van der Waals surface area contributed by atoms with E-state index in [4.69, 9.17) is 21.7 Å². The maximum Gasteiger partial charge on any atom is 0.419 e. The molecular formula is C58H65N9O12S. The van der Waals surface area contributed by atoms with E-state index >= 15 is 0 Å². The van der Waals surface area contributed by atoms with Crippen molar-refractivity contribution in [3.8, 4) is 0 Å². The second kappa shape index (κ2) is 26.0. The van der Waals surface area contributed by atoms with Gasteiger partial charge in [-0.3, -0.25) is 19.2 Å². The highest BCUT2D eigenvalue weighted by Gasteiger charge is 2.36. The Morgan fingerprint density at radius 1 is 0.725 bits per heavy atom.